The van der Waals surface area contributed by atoms with Crippen molar-refractivity contribution in [2.75, 3.05) is 0 Å². The summed E-state index contributed by atoms with van der Waals surface area (Å²) in [7, 11) is 0. The van der Waals surface area contributed by atoms with Crippen molar-refractivity contribution >= 4 is 5.97 Å². The molecule has 0 aliphatic rings. The lowest BCUT2D eigenvalue weighted by molar-refractivity contribution is -0.134. The molecule has 0 N–H and O–H groups in total. The zero-order valence-corrected chi connectivity index (χ0v) is 10.7. The lowest BCUT2D eigenvalue weighted by Gasteiger charge is -2.11. The van der Waals surface area contributed by atoms with Gasteiger partial charge in [-0.1, -0.05) is 49.4 Å². The van der Waals surface area contributed by atoms with E-state index in [-0.39, 0.29) is 18.1 Å². The molecule has 0 aliphatic heterocycles. The van der Waals surface area contributed by atoms with Crippen molar-refractivity contribution in [2.45, 2.75) is 19.3 Å². The van der Waals surface area contributed by atoms with E-state index in [0.29, 0.717) is 0 Å². The van der Waals surface area contributed by atoms with Gasteiger partial charge >= 0.3 is 5.97 Å². The van der Waals surface area contributed by atoms with Gasteiger partial charge in [0.15, 0.2) is 11.6 Å². The second-order valence-electron chi connectivity index (χ2n) is 4.42. The first-order valence-electron chi connectivity index (χ1n) is 6.17. The van der Waals surface area contributed by atoms with Crippen molar-refractivity contribution in [3.05, 3.63) is 66.0 Å². The van der Waals surface area contributed by atoms with E-state index in [0.717, 1.165) is 5.56 Å². The van der Waals surface area contributed by atoms with E-state index in [1.165, 1.54) is 12.1 Å². The summed E-state index contributed by atoms with van der Waals surface area (Å²) in [6.07, 6.45) is 0.221. The SMILES string of the molecule is CC(CC(=O)Oc1ccccc1F)c1ccccc1. The standard InChI is InChI=1S/C16H15FO2/c1-12(13-7-3-2-4-8-13)11-16(18)19-15-10-6-5-9-14(15)17/h2-10,12H,11H2,1H3. The minimum atomic E-state index is -0.525. The van der Waals surface area contributed by atoms with E-state index >= 15 is 0 Å². The molecular weight excluding hydrogens is 243 g/mol. The van der Waals surface area contributed by atoms with Gasteiger partial charge in [-0.15, -0.1) is 0 Å². The molecule has 19 heavy (non-hydrogen) atoms. The van der Waals surface area contributed by atoms with Crippen LogP contribution in [0, 0.1) is 5.82 Å². The predicted octanol–water partition coefficient (Wildman–Crippen LogP) is 3.92. The number of carbonyl (C=O) groups excluding carboxylic acids is 1. The van der Waals surface area contributed by atoms with Crippen LogP contribution in [0.5, 0.6) is 5.75 Å². The number of carbonyl (C=O) groups is 1. The highest BCUT2D eigenvalue weighted by molar-refractivity contribution is 5.73. The number of hydrogen-bond acceptors (Lipinski definition) is 2. The molecule has 3 heteroatoms. The molecule has 0 aliphatic carbocycles. The van der Waals surface area contributed by atoms with Gasteiger partial charge in [0.25, 0.3) is 0 Å². The van der Waals surface area contributed by atoms with Crippen LogP contribution in [-0.2, 0) is 4.79 Å². The maximum Gasteiger partial charge on any atom is 0.311 e. The summed E-state index contributed by atoms with van der Waals surface area (Å²) in [5.41, 5.74) is 1.06. The van der Waals surface area contributed by atoms with Crippen molar-refractivity contribution in [1.82, 2.24) is 0 Å². The molecule has 0 amide bonds. The molecule has 2 aromatic rings. The monoisotopic (exact) mass is 258 g/mol. The van der Waals surface area contributed by atoms with Gasteiger partial charge in [-0.25, -0.2) is 4.39 Å². The van der Waals surface area contributed by atoms with Gasteiger partial charge in [0.2, 0.25) is 0 Å². The maximum atomic E-state index is 13.3. The van der Waals surface area contributed by atoms with E-state index < -0.39 is 11.8 Å². The first-order valence-corrected chi connectivity index (χ1v) is 6.17. The quantitative estimate of drug-likeness (QED) is 0.613. The number of halogens is 1. The predicted molar refractivity (Wildman–Crippen MR) is 71.5 cm³/mol. The Morgan fingerprint density at radius 2 is 1.74 bits per heavy atom. The molecule has 2 nitrogen and oxygen atoms in total. The normalized spacial score (nSPS) is 11.9. The molecule has 0 fully saturated rings. The third kappa shape index (κ3) is 3.65. The third-order valence-corrected chi connectivity index (χ3v) is 2.90. The minimum absolute atomic E-state index is 0.0206. The van der Waals surface area contributed by atoms with Gasteiger partial charge in [0.05, 0.1) is 6.42 Å². The number of ether oxygens (including phenoxy) is 1. The summed E-state index contributed by atoms with van der Waals surface area (Å²) in [5, 5.41) is 0. The third-order valence-electron chi connectivity index (χ3n) is 2.90. The fourth-order valence-corrected chi connectivity index (χ4v) is 1.84. The largest absolute Gasteiger partial charge is 0.423 e. The van der Waals surface area contributed by atoms with Gasteiger partial charge in [-0.2, -0.15) is 0 Å². The average molecular weight is 258 g/mol. The average Bonchev–Trinajstić information content (AvgIpc) is 2.42. The first kappa shape index (κ1) is 13.3. The van der Waals surface area contributed by atoms with Crippen LogP contribution in [0.3, 0.4) is 0 Å². The summed E-state index contributed by atoms with van der Waals surface area (Å²) in [6.45, 7) is 1.94. The summed E-state index contributed by atoms with van der Waals surface area (Å²) in [5.74, 6) is -0.932. The highest BCUT2D eigenvalue weighted by Crippen LogP contribution is 2.21. The molecule has 2 aromatic carbocycles. The van der Waals surface area contributed by atoms with Gasteiger partial charge in [-0.3, -0.25) is 4.79 Å². The van der Waals surface area contributed by atoms with Crippen LogP contribution in [0.4, 0.5) is 4.39 Å². The molecule has 1 atom stereocenters. The Hall–Kier alpha value is -2.16. The Morgan fingerprint density at radius 3 is 2.42 bits per heavy atom. The van der Waals surface area contributed by atoms with Crippen molar-refractivity contribution < 1.29 is 13.9 Å². The zero-order chi connectivity index (χ0) is 13.7. The van der Waals surface area contributed by atoms with Crippen LogP contribution >= 0.6 is 0 Å². The molecule has 0 heterocycles. The summed E-state index contributed by atoms with van der Waals surface area (Å²) in [6, 6.07) is 15.6. The number of rotatable bonds is 4. The van der Waals surface area contributed by atoms with Gasteiger partial charge in [0.1, 0.15) is 0 Å². The van der Waals surface area contributed by atoms with E-state index in [4.69, 9.17) is 4.74 Å². The van der Waals surface area contributed by atoms with Gasteiger partial charge in [0, 0.05) is 0 Å². The minimum Gasteiger partial charge on any atom is -0.423 e. The maximum absolute atomic E-state index is 13.3. The molecule has 0 saturated heterocycles. The highest BCUT2D eigenvalue weighted by atomic mass is 19.1. The van der Waals surface area contributed by atoms with Crippen LogP contribution < -0.4 is 4.74 Å². The van der Waals surface area contributed by atoms with Crippen LogP contribution in [0.2, 0.25) is 0 Å². The Morgan fingerprint density at radius 1 is 1.11 bits per heavy atom. The van der Waals surface area contributed by atoms with Crippen LogP contribution in [0.15, 0.2) is 54.6 Å². The highest BCUT2D eigenvalue weighted by Gasteiger charge is 2.14. The van der Waals surface area contributed by atoms with E-state index in [1.54, 1.807) is 12.1 Å². The first-order chi connectivity index (χ1) is 9.16. The lowest BCUT2D eigenvalue weighted by Crippen LogP contribution is -2.12. The van der Waals surface area contributed by atoms with Gasteiger partial charge < -0.3 is 4.74 Å². The number of benzene rings is 2. The molecule has 0 saturated carbocycles. The Labute approximate surface area is 111 Å². The van der Waals surface area contributed by atoms with Gasteiger partial charge in [-0.05, 0) is 23.6 Å². The van der Waals surface area contributed by atoms with E-state index in [1.807, 2.05) is 37.3 Å². The zero-order valence-electron chi connectivity index (χ0n) is 10.7. The van der Waals surface area contributed by atoms with Crippen molar-refractivity contribution in [1.29, 1.82) is 0 Å². The molecule has 0 radical (unpaired) electrons. The molecule has 0 bridgehead atoms. The van der Waals surface area contributed by atoms with Crippen molar-refractivity contribution in [2.24, 2.45) is 0 Å². The molecule has 0 spiro atoms. The Balaban J connectivity index is 1.97. The summed E-state index contributed by atoms with van der Waals surface area (Å²) in [4.78, 5) is 11.8. The molecular formula is C16H15FO2. The fourth-order valence-electron chi connectivity index (χ4n) is 1.84. The van der Waals surface area contributed by atoms with E-state index in [2.05, 4.69) is 0 Å². The van der Waals surface area contributed by atoms with Crippen LogP contribution in [0.25, 0.3) is 0 Å². The Kier molecular flexibility index (Phi) is 4.29. The molecule has 0 aromatic heterocycles. The molecule has 1 unspecified atom stereocenters. The number of esters is 1. The van der Waals surface area contributed by atoms with Crippen molar-refractivity contribution in [3.63, 3.8) is 0 Å². The summed E-state index contributed by atoms with van der Waals surface area (Å²) < 4.78 is 18.4. The Bertz CT molecular complexity index is 552. The van der Waals surface area contributed by atoms with E-state index in [9.17, 15) is 9.18 Å². The second-order valence-corrected chi connectivity index (χ2v) is 4.42. The molecule has 2 rings (SSSR count). The second kappa shape index (κ2) is 6.14. The number of para-hydroxylation sites is 1. The number of hydrogen-bond donors (Lipinski definition) is 0. The molecule has 98 valence electrons. The van der Waals surface area contributed by atoms with Crippen molar-refractivity contribution in [3.8, 4) is 5.75 Å². The smallest absolute Gasteiger partial charge is 0.311 e. The lowest BCUT2D eigenvalue weighted by atomic mass is 9.98. The topological polar surface area (TPSA) is 26.3 Å². The fraction of sp³-hybridized carbons (Fsp3) is 0.188. The van der Waals surface area contributed by atoms with Crippen LogP contribution in [-0.4, -0.2) is 5.97 Å². The summed E-state index contributed by atoms with van der Waals surface area (Å²) >= 11 is 0. The van der Waals surface area contributed by atoms with Crippen LogP contribution in [0.1, 0.15) is 24.8 Å².